The Labute approximate surface area is 110 Å². The summed E-state index contributed by atoms with van der Waals surface area (Å²) in [4.78, 5) is 14.1. The first kappa shape index (κ1) is 14.0. The maximum Gasteiger partial charge on any atom is 0.419 e. The van der Waals surface area contributed by atoms with Crippen molar-refractivity contribution in [3.63, 3.8) is 0 Å². The van der Waals surface area contributed by atoms with Crippen molar-refractivity contribution in [2.75, 3.05) is 0 Å². The highest BCUT2D eigenvalue weighted by atomic mass is 19.4. The quantitative estimate of drug-likeness (QED) is 0.635. The highest BCUT2D eigenvalue weighted by molar-refractivity contribution is 5.71. The number of aromatic nitrogens is 1. The standard InChI is InChI=1S/C13H7F4NO2/c14-12-4-3-9(5-11(12)13(15,16)17)20-10-2-1-8(7-19)18-6-10/h1-7H. The summed E-state index contributed by atoms with van der Waals surface area (Å²) in [6.07, 6.45) is -3.10. The zero-order chi connectivity index (χ0) is 14.8. The number of pyridine rings is 1. The fourth-order valence-corrected chi connectivity index (χ4v) is 1.44. The van der Waals surface area contributed by atoms with Gasteiger partial charge in [-0.2, -0.15) is 13.2 Å². The van der Waals surface area contributed by atoms with E-state index in [9.17, 15) is 22.4 Å². The van der Waals surface area contributed by atoms with Crippen LogP contribution in [0, 0.1) is 5.82 Å². The van der Waals surface area contributed by atoms with Gasteiger partial charge in [-0.25, -0.2) is 9.37 Å². The van der Waals surface area contributed by atoms with Crippen LogP contribution in [0.1, 0.15) is 16.1 Å². The average molecular weight is 285 g/mol. The Bertz CT molecular complexity index is 623. The zero-order valence-electron chi connectivity index (χ0n) is 9.82. The number of hydrogen-bond donors (Lipinski definition) is 0. The molecule has 0 radical (unpaired) electrons. The Balaban J connectivity index is 2.27. The van der Waals surface area contributed by atoms with Crippen molar-refractivity contribution < 1.29 is 27.1 Å². The lowest BCUT2D eigenvalue weighted by atomic mass is 10.2. The van der Waals surface area contributed by atoms with E-state index in [-0.39, 0.29) is 17.2 Å². The van der Waals surface area contributed by atoms with E-state index in [0.29, 0.717) is 18.4 Å². The second-order valence-electron chi connectivity index (χ2n) is 3.78. The Hall–Kier alpha value is -2.44. The van der Waals surface area contributed by atoms with Gasteiger partial charge >= 0.3 is 6.18 Å². The summed E-state index contributed by atoms with van der Waals surface area (Å²) < 4.78 is 55.8. The molecule has 2 rings (SSSR count). The van der Waals surface area contributed by atoms with E-state index in [1.165, 1.54) is 18.3 Å². The topological polar surface area (TPSA) is 39.2 Å². The van der Waals surface area contributed by atoms with Crippen molar-refractivity contribution in [2.45, 2.75) is 6.18 Å². The molecule has 1 heterocycles. The van der Waals surface area contributed by atoms with E-state index in [1.54, 1.807) is 0 Å². The maximum absolute atomic E-state index is 13.1. The molecule has 0 saturated carbocycles. The Morgan fingerprint density at radius 1 is 1.10 bits per heavy atom. The molecule has 1 aromatic carbocycles. The van der Waals surface area contributed by atoms with Gasteiger partial charge < -0.3 is 4.74 Å². The molecule has 2 aromatic rings. The molecule has 0 aliphatic carbocycles. The van der Waals surface area contributed by atoms with E-state index in [2.05, 4.69) is 4.98 Å². The van der Waals surface area contributed by atoms with Gasteiger partial charge in [-0.3, -0.25) is 4.79 Å². The Morgan fingerprint density at radius 2 is 1.80 bits per heavy atom. The van der Waals surface area contributed by atoms with Crippen molar-refractivity contribution in [1.82, 2.24) is 4.98 Å². The molecule has 0 spiro atoms. The molecule has 0 fully saturated rings. The number of alkyl halides is 3. The summed E-state index contributed by atoms with van der Waals surface area (Å²) in [5, 5.41) is 0. The van der Waals surface area contributed by atoms with E-state index < -0.39 is 17.6 Å². The normalized spacial score (nSPS) is 11.2. The van der Waals surface area contributed by atoms with Crippen LogP contribution >= 0.6 is 0 Å². The number of carbonyl (C=O) groups excluding carboxylic acids is 1. The molecule has 0 aliphatic rings. The number of nitrogens with zero attached hydrogens (tertiary/aromatic N) is 1. The SMILES string of the molecule is O=Cc1ccc(Oc2ccc(F)c(C(F)(F)F)c2)cn1. The van der Waals surface area contributed by atoms with Crippen LogP contribution in [0.3, 0.4) is 0 Å². The van der Waals surface area contributed by atoms with Crippen LogP contribution in [-0.2, 0) is 6.18 Å². The molecule has 0 bridgehead atoms. The highest BCUT2D eigenvalue weighted by Crippen LogP contribution is 2.34. The number of rotatable bonds is 3. The van der Waals surface area contributed by atoms with Gasteiger partial charge in [0.25, 0.3) is 0 Å². The minimum Gasteiger partial charge on any atom is -0.456 e. The molecule has 7 heteroatoms. The fraction of sp³-hybridized carbons (Fsp3) is 0.0769. The third-order valence-electron chi connectivity index (χ3n) is 2.36. The predicted octanol–water partition coefficient (Wildman–Crippen LogP) is 3.84. The van der Waals surface area contributed by atoms with Crippen molar-refractivity contribution in [3.8, 4) is 11.5 Å². The number of aldehydes is 1. The van der Waals surface area contributed by atoms with Crippen LogP contribution in [0.25, 0.3) is 0 Å². The number of carbonyl (C=O) groups is 1. The summed E-state index contributed by atoms with van der Waals surface area (Å²) in [5.74, 6) is -1.42. The molecule has 0 amide bonds. The van der Waals surface area contributed by atoms with Crippen LogP contribution < -0.4 is 4.74 Å². The molecular formula is C13H7F4NO2. The first-order valence-electron chi connectivity index (χ1n) is 5.36. The predicted molar refractivity (Wildman–Crippen MR) is 61.1 cm³/mol. The fourth-order valence-electron chi connectivity index (χ4n) is 1.44. The molecule has 0 saturated heterocycles. The minimum atomic E-state index is -4.80. The first-order chi connectivity index (χ1) is 9.40. The van der Waals surface area contributed by atoms with Crippen molar-refractivity contribution in [1.29, 1.82) is 0 Å². The molecule has 1 aromatic heterocycles. The van der Waals surface area contributed by atoms with E-state index in [4.69, 9.17) is 4.74 Å². The summed E-state index contributed by atoms with van der Waals surface area (Å²) in [5.41, 5.74) is -1.25. The van der Waals surface area contributed by atoms with E-state index in [0.717, 1.165) is 6.07 Å². The lowest BCUT2D eigenvalue weighted by Gasteiger charge is -2.10. The average Bonchev–Trinajstić information content (AvgIpc) is 2.40. The van der Waals surface area contributed by atoms with Crippen LogP contribution in [0.5, 0.6) is 11.5 Å². The summed E-state index contributed by atoms with van der Waals surface area (Å²) in [6.45, 7) is 0. The van der Waals surface area contributed by atoms with Gasteiger partial charge in [0.15, 0.2) is 6.29 Å². The van der Waals surface area contributed by atoms with Crippen LogP contribution in [0.15, 0.2) is 36.5 Å². The van der Waals surface area contributed by atoms with Gasteiger partial charge in [0.1, 0.15) is 23.0 Å². The van der Waals surface area contributed by atoms with Gasteiger partial charge in [-0.1, -0.05) is 0 Å². The molecule has 104 valence electrons. The monoisotopic (exact) mass is 285 g/mol. The van der Waals surface area contributed by atoms with E-state index in [1.807, 2.05) is 0 Å². The Morgan fingerprint density at radius 3 is 2.35 bits per heavy atom. The molecule has 0 aliphatic heterocycles. The summed E-state index contributed by atoms with van der Waals surface area (Å²) in [6, 6.07) is 5.01. The van der Waals surface area contributed by atoms with Crippen molar-refractivity contribution >= 4 is 6.29 Å². The molecule has 3 nitrogen and oxygen atoms in total. The Kier molecular flexibility index (Phi) is 3.69. The van der Waals surface area contributed by atoms with Crippen LogP contribution in [0.4, 0.5) is 17.6 Å². The van der Waals surface area contributed by atoms with Crippen molar-refractivity contribution in [2.24, 2.45) is 0 Å². The van der Waals surface area contributed by atoms with Gasteiger partial charge in [-0.15, -0.1) is 0 Å². The number of halogens is 4. The third kappa shape index (κ3) is 3.11. The van der Waals surface area contributed by atoms with Gasteiger partial charge in [0.05, 0.1) is 11.8 Å². The smallest absolute Gasteiger partial charge is 0.419 e. The van der Waals surface area contributed by atoms with Crippen molar-refractivity contribution in [3.05, 3.63) is 53.6 Å². The highest BCUT2D eigenvalue weighted by Gasteiger charge is 2.34. The van der Waals surface area contributed by atoms with Gasteiger partial charge in [0, 0.05) is 0 Å². The zero-order valence-corrected chi connectivity index (χ0v) is 9.82. The summed E-state index contributed by atoms with van der Waals surface area (Å²) in [7, 11) is 0. The molecule has 20 heavy (non-hydrogen) atoms. The largest absolute Gasteiger partial charge is 0.456 e. The lowest BCUT2D eigenvalue weighted by molar-refractivity contribution is -0.140. The summed E-state index contributed by atoms with van der Waals surface area (Å²) >= 11 is 0. The van der Waals surface area contributed by atoms with Gasteiger partial charge in [-0.05, 0) is 30.3 Å². The first-order valence-corrected chi connectivity index (χ1v) is 5.36. The lowest BCUT2D eigenvalue weighted by Crippen LogP contribution is -2.08. The van der Waals surface area contributed by atoms with Crippen LogP contribution in [0.2, 0.25) is 0 Å². The number of hydrogen-bond acceptors (Lipinski definition) is 3. The second-order valence-corrected chi connectivity index (χ2v) is 3.78. The molecular weight excluding hydrogens is 278 g/mol. The van der Waals surface area contributed by atoms with Crippen LogP contribution in [-0.4, -0.2) is 11.3 Å². The molecule has 0 unspecified atom stereocenters. The van der Waals surface area contributed by atoms with Gasteiger partial charge in [0.2, 0.25) is 0 Å². The maximum atomic E-state index is 13.1. The number of benzene rings is 1. The molecule has 0 N–H and O–H groups in total. The number of ether oxygens (including phenoxy) is 1. The molecule has 0 atom stereocenters. The van der Waals surface area contributed by atoms with E-state index >= 15 is 0 Å². The minimum absolute atomic E-state index is 0.135. The second kappa shape index (κ2) is 5.28. The third-order valence-corrected chi connectivity index (χ3v) is 2.36.